The minimum atomic E-state index is -1.17. The van der Waals surface area contributed by atoms with E-state index >= 15 is 0 Å². The molecule has 0 bridgehead atoms. The van der Waals surface area contributed by atoms with Gasteiger partial charge in [0.2, 0.25) is 0 Å². The first kappa shape index (κ1) is 23.2. The third kappa shape index (κ3) is 4.55. The quantitative estimate of drug-likeness (QED) is 0.558. The largest absolute Gasteiger partial charge is 0.452 e. The summed E-state index contributed by atoms with van der Waals surface area (Å²) in [5.74, 6) is -1.29. The molecule has 0 amide bonds. The van der Waals surface area contributed by atoms with E-state index in [1.165, 1.54) is 6.20 Å². The standard InChI is InChI=1S/C25H24N2O7/c1-3-25(2)20(33-23(30)17-12-8-5-9-13-17)19(32-22(29)16-10-6-4-7-11-16)21(34-25)27-15-14-18(28)26-24(27)31/h4-15,19-21H,3H2,1-2H3,(H,26,28,31)/t19?,20-,21-,25-/m1/s1. The molecule has 1 aromatic heterocycles. The van der Waals surface area contributed by atoms with Gasteiger partial charge >= 0.3 is 17.6 Å². The summed E-state index contributed by atoms with van der Waals surface area (Å²) in [6.07, 6.45) is -1.72. The van der Waals surface area contributed by atoms with E-state index in [-0.39, 0.29) is 5.56 Å². The highest BCUT2D eigenvalue weighted by atomic mass is 16.7. The second kappa shape index (κ2) is 9.48. The van der Waals surface area contributed by atoms with Crippen molar-refractivity contribution in [1.29, 1.82) is 0 Å². The fraction of sp³-hybridized carbons (Fsp3) is 0.280. The molecule has 3 aromatic rings. The summed E-state index contributed by atoms with van der Waals surface area (Å²) in [7, 11) is 0. The van der Waals surface area contributed by atoms with E-state index in [1.807, 2.05) is 6.92 Å². The first-order chi connectivity index (χ1) is 16.3. The predicted molar refractivity (Wildman–Crippen MR) is 121 cm³/mol. The molecule has 0 aliphatic carbocycles. The highest BCUT2D eigenvalue weighted by Gasteiger charge is 2.57. The number of ether oxygens (including phenoxy) is 3. The number of hydrogen-bond donors (Lipinski definition) is 1. The van der Waals surface area contributed by atoms with Gasteiger partial charge in [-0.15, -0.1) is 0 Å². The summed E-state index contributed by atoms with van der Waals surface area (Å²) >= 11 is 0. The van der Waals surface area contributed by atoms with Crippen LogP contribution in [0.25, 0.3) is 0 Å². The number of carbonyl (C=O) groups excluding carboxylic acids is 2. The number of nitrogens with one attached hydrogen (secondary N) is 1. The normalized spacial score (nSPS) is 23.9. The number of esters is 2. The average Bonchev–Trinajstić information content (AvgIpc) is 3.11. The fourth-order valence-electron chi connectivity index (χ4n) is 3.87. The molecule has 34 heavy (non-hydrogen) atoms. The molecule has 9 nitrogen and oxygen atoms in total. The Morgan fingerprint density at radius 1 is 0.941 bits per heavy atom. The van der Waals surface area contributed by atoms with Gasteiger partial charge in [0.05, 0.1) is 11.1 Å². The number of carbonyl (C=O) groups is 2. The van der Waals surface area contributed by atoms with Crippen LogP contribution >= 0.6 is 0 Å². The summed E-state index contributed by atoms with van der Waals surface area (Å²) in [4.78, 5) is 52.2. The Morgan fingerprint density at radius 3 is 2.03 bits per heavy atom. The lowest BCUT2D eigenvalue weighted by atomic mass is 9.94. The zero-order valence-corrected chi connectivity index (χ0v) is 18.7. The molecule has 4 rings (SSSR count). The molecule has 1 fully saturated rings. The van der Waals surface area contributed by atoms with E-state index in [1.54, 1.807) is 67.6 Å². The molecular weight excluding hydrogens is 440 g/mol. The summed E-state index contributed by atoms with van der Waals surface area (Å²) < 4.78 is 19.0. The summed E-state index contributed by atoms with van der Waals surface area (Å²) in [5, 5.41) is 0. The highest BCUT2D eigenvalue weighted by Crippen LogP contribution is 2.42. The lowest BCUT2D eigenvalue weighted by molar-refractivity contribution is -0.0988. The molecule has 1 aliphatic rings. The van der Waals surface area contributed by atoms with Gasteiger partial charge < -0.3 is 14.2 Å². The minimum absolute atomic E-state index is 0.285. The Balaban J connectivity index is 1.75. The van der Waals surface area contributed by atoms with E-state index in [9.17, 15) is 19.2 Å². The van der Waals surface area contributed by atoms with Gasteiger partial charge in [0, 0.05) is 12.3 Å². The van der Waals surface area contributed by atoms with Gasteiger partial charge in [0.25, 0.3) is 5.56 Å². The highest BCUT2D eigenvalue weighted by molar-refractivity contribution is 5.90. The van der Waals surface area contributed by atoms with Gasteiger partial charge in [-0.3, -0.25) is 14.3 Å². The smallest absolute Gasteiger partial charge is 0.338 e. The van der Waals surface area contributed by atoms with Crippen LogP contribution in [-0.2, 0) is 14.2 Å². The molecule has 1 unspecified atom stereocenters. The minimum Gasteiger partial charge on any atom is -0.452 e. The Hall–Kier alpha value is -3.98. The molecule has 1 saturated heterocycles. The maximum Gasteiger partial charge on any atom is 0.338 e. The maximum atomic E-state index is 13.0. The van der Waals surface area contributed by atoms with Gasteiger partial charge in [-0.05, 0) is 37.6 Å². The molecule has 0 saturated carbocycles. The molecule has 0 radical (unpaired) electrons. The SMILES string of the molecule is CC[C@@]1(C)O[C@@H](n2ccc(=O)[nH]c2=O)C(OC(=O)c2ccccc2)[C@H]1OC(=O)c1ccccc1. The summed E-state index contributed by atoms with van der Waals surface area (Å²) in [5.41, 5.74) is -1.81. The van der Waals surface area contributed by atoms with E-state index in [4.69, 9.17) is 14.2 Å². The van der Waals surface area contributed by atoms with Crippen molar-refractivity contribution in [3.8, 4) is 0 Å². The van der Waals surface area contributed by atoms with Crippen LogP contribution in [0.2, 0.25) is 0 Å². The van der Waals surface area contributed by atoms with Crippen LogP contribution in [0.15, 0.2) is 82.5 Å². The van der Waals surface area contributed by atoms with Crippen LogP contribution in [0.1, 0.15) is 47.2 Å². The van der Waals surface area contributed by atoms with E-state index < -0.39 is 47.2 Å². The van der Waals surface area contributed by atoms with Crippen LogP contribution < -0.4 is 11.2 Å². The van der Waals surface area contributed by atoms with E-state index in [2.05, 4.69) is 4.98 Å². The molecule has 2 aromatic carbocycles. The zero-order chi connectivity index (χ0) is 24.3. The summed E-state index contributed by atoms with van der Waals surface area (Å²) in [6, 6.07) is 17.9. The molecule has 0 spiro atoms. The first-order valence-electron chi connectivity index (χ1n) is 10.8. The number of aromatic amines is 1. The zero-order valence-electron chi connectivity index (χ0n) is 18.7. The van der Waals surface area contributed by atoms with Crippen molar-refractivity contribution < 1.29 is 23.8 Å². The summed E-state index contributed by atoms with van der Waals surface area (Å²) in [6.45, 7) is 3.55. The van der Waals surface area contributed by atoms with Crippen molar-refractivity contribution in [2.75, 3.05) is 0 Å². The van der Waals surface area contributed by atoms with Crippen molar-refractivity contribution in [3.05, 3.63) is 105 Å². The van der Waals surface area contributed by atoms with Crippen molar-refractivity contribution in [2.24, 2.45) is 0 Å². The second-order valence-electron chi connectivity index (χ2n) is 8.12. The first-order valence-corrected chi connectivity index (χ1v) is 10.8. The Morgan fingerprint density at radius 2 is 1.50 bits per heavy atom. The van der Waals surface area contributed by atoms with Crippen molar-refractivity contribution in [1.82, 2.24) is 9.55 Å². The van der Waals surface area contributed by atoms with Gasteiger partial charge in [-0.1, -0.05) is 43.3 Å². The molecule has 1 aliphatic heterocycles. The number of aromatic nitrogens is 2. The van der Waals surface area contributed by atoms with Crippen molar-refractivity contribution in [2.45, 2.75) is 44.3 Å². The fourth-order valence-corrected chi connectivity index (χ4v) is 3.87. The maximum absolute atomic E-state index is 13.0. The van der Waals surface area contributed by atoms with Gasteiger partial charge in [-0.2, -0.15) is 0 Å². The van der Waals surface area contributed by atoms with E-state index in [0.29, 0.717) is 12.0 Å². The van der Waals surface area contributed by atoms with Crippen LogP contribution in [-0.4, -0.2) is 39.3 Å². The average molecular weight is 464 g/mol. The predicted octanol–water partition coefficient (Wildman–Crippen LogP) is 2.69. The van der Waals surface area contributed by atoms with Gasteiger partial charge in [0.1, 0.15) is 5.60 Å². The van der Waals surface area contributed by atoms with Crippen molar-refractivity contribution >= 4 is 11.9 Å². The molecule has 1 N–H and O–H groups in total. The monoisotopic (exact) mass is 464 g/mol. The van der Waals surface area contributed by atoms with Crippen LogP contribution in [0.3, 0.4) is 0 Å². The van der Waals surface area contributed by atoms with Crippen LogP contribution in [0.5, 0.6) is 0 Å². The Kier molecular flexibility index (Phi) is 6.47. The van der Waals surface area contributed by atoms with Crippen LogP contribution in [0.4, 0.5) is 0 Å². The molecule has 9 heteroatoms. The molecule has 4 atom stereocenters. The van der Waals surface area contributed by atoms with Gasteiger partial charge in [0.15, 0.2) is 18.4 Å². The lowest BCUT2D eigenvalue weighted by Crippen LogP contribution is -2.45. The number of benzene rings is 2. The second-order valence-corrected chi connectivity index (χ2v) is 8.12. The third-order valence-corrected chi connectivity index (χ3v) is 5.89. The molecule has 2 heterocycles. The van der Waals surface area contributed by atoms with Gasteiger partial charge in [-0.25, -0.2) is 14.4 Å². The van der Waals surface area contributed by atoms with Crippen molar-refractivity contribution in [3.63, 3.8) is 0 Å². The van der Waals surface area contributed by atoms with Crippen LogP contribution in [0, 0.1) is 0 Å². The lowest BCUT2D eigenvalue weighted by Gasteiger charge is -2.30. The topological polar surface area (TPSA) is 117 Å². The Bertz CT molecular complexity index is 1290. The number of nitrogens with zero attached hydrogens (tertiary/aromatic N) is 1. The number of H-pyrrole nitrogens is 1. The number of rotatable bonds is 6. The molecular formula is C25H24N2O7. The Labute approximate surface area is 194 Å². The third-order valence-electron chi connectivity index (χ3n) is 5.89. The molecule has 176 valence electrons. The van der Waals surface area contributed by atoms with E-state index in [0.717, 1.165) is 10.6 Å². The number of hydrogen-bond acceptors (Lipinski definition) is 7.